The fraction of sp³-hybridized carbons (Fsp3) is 0.286. The zero-order chi connectivity index (χ0) is 14.0. The van der Waals surface area contributed by atoms with Crippen LogP contribution in [-0.2, 0) is 6.42 Å². The number of aromatic nitrogens is 2. The van der Waals surface area contributed by atoms with E-state index in [1.807, 2.05) is 38.1 Å². The Hall–Kier alpha value is -0.970. The molecule has 0 amide bonds. The van der Waals surface area contributed by atoms with Gasteiger partial charge < -0.3 is 5.73 Å². The van der Waals surface area contributed by atoms with Gasteiger partial charge in [0.05, 0.1) is 11.4 Å². The van der Waals surface area contributed by atoms with Crippen LogP contribution in [0.1, 0.15) is 28.6 Å². The molecule has 1 unspecified atom stereocenters. The van der Waals surface area contributed by atoms with E-state index in [9.17, 15) is 0 Å². The van der Waals surface area contributed by atoms with E-state index in [-0.39, 0.29) is 6.04 Å². The molecule has 100 valence electrons. The number of nitrogens with two attached hydrogens (primary N) is 1. The minimum atomic E-state index is -0.132. The quantitative estimate of drug-likeness (QED) is 0.925. The molecule has 0 aliphatic rings. The molecular formula is C14H15BrClN3. The highest BCUT2D eigenvalue weighted by atomic mass is 79.9. The van der Waals surface area contributed by atoms with Crippen molar-refractivity contribution in [2.24, 2.45) is 5.73 Å². The standard InChI is InChI=1S/C14H15BrClN3/c1-8-5-12(9(2)19-18-8)14(17)6-10-3-4-11(15)7-13(10)16/h3-5,7,14H,6,17H2,1-2H3. The summed E-state index contributed by atoms with van der Waals surface area (Å²) in [5, 5.41) is 8.85. The van der Waals surface area contributed by atoms with Crippen molar-refractivity contribution in [2.75, 3.05) is 0 Å². The van der Waals surface area contributed by atoms with E-state index in [4.69, 9.17) is 17.3 Å². The van der Waals surface area contributed by atoms with Gasteiger partial charge in [-0.1, -0.05) is 33.6 Å². The van der Waals surface area contributed by atoms with Gasteiger partial charge in [-0.05, 0) is 49.6 Å². The Kier molecular flexibility index (Phi) is 4.55. The lowest BCUT2D eigenvalue weighted by Gasteiger charge is -2.15. The van der Waals surface area contributed by atoms with Crippen molar-refractivity contribution in [3.8, 4) is 0 Å². The number of nitrogens with zero attached hydrogens (tertiary/aromatic N) is 2. The minimum absolute atomic E-state index is 0.132. The summed E-state index contributed by atoms with van der Waals surface area (Å²) in [7, 11) is 0. The summed E-state index contributed by atoms with van der Waals surface area (Å²) in [5.41, 5.74) is 10.1. The third-order valence-corrected chi connectivity index (χ3v) is 3.84. The van der Waals surface area contributed by atoms with Gasteiger partial charge in [-0.15, -0.1) is 0 Å². The Labute approximate surface area is 126 Å². The van der Waals surface area contributed by atoms with Gasteiger partial charge >= 0.3 is 0 Å². The maximum Gasteiger partial charge on any atom is 0.0648 e. The predicted molar refractivity (Wildman–Crippen MR) is 81.3 cm³/mol. The van der Waals surface area contributed by atoms with Crippen LogP contribution in [0.25, 0.3) is 0 Å². The fourth-order valence-electron chi connectivity index (χ4n) is 1.98. The summed E-state index contributed by atoms with van der Waals surface area (Å²) in [6, 6.07) is 7.69. The number of hydrogen-bond acceptors (Lipinski definition) is 3. The zero-order valence-electron chi connectivity index (χ0n) is 10.8. The highest BCUT2D eigenvalue weighted by molar-refractivity contribution is 9.10. The average Bonchev–Trinajstić information content (AvgIpc) is 2.35. The van der Waals surface area contributed by atoms with Crippen LogP contribution in [0, 0.1) is 13.8 Å². The molecule has 0 spiro atoms. The smallest absolute Gasteiger partial charge is 0.0648 e. The number of hydrogen-bond donors (Lipinski definition) is 1. The molecule has 1 aromatic heterocycles. The van der Waals surface area contributed by atoms with Crippen LogP contribution < -0.4 is 5.73 Å². The maximum absolute atomic E-state index is 6.27. The van der Waals surface area contributed by atoms with E-state index in [1.54, 1.807) is 0 Å². The molecule has 1 atom stereocenters. The topological polar surface area (TPSA) is 51.8 Å². The Balaban J connectivity index is 2.25. The van der Waals surface area contributed by atoms with Crippen molar-refractivity contribution in [2.45, 2.75) is 26.3 Å². The van der Waals surface area contributed by atoms with Crippen LogP contribution in [0.2, 0.25) is 5.02 Å². The van der Waals surface area contributed by atoms with Crippen LogP contribution >= 0.6 is 27.5 Å². The lowest BCUT2D eigenvalue weighted by molar-refractivity contribution is 0.700. The molecule has 19 heavy (non-hydrogen) atoms. The first-order valence-electron chi connectivity index (χ1n) is 5.97. The first-order chi connectivity index (χ1) is 8.97. The van der Waals surface area contributed by atoms with Gasteiger partial charge in [0.2, 0.25) is 0 Å². The molecule has 0 saturated heterocycles. The number of halogens is 2. The summed E-state index contributed by atoms with van der Waals surface area (Å²) >= 11 is 9.61. The van der Waals surface area contributed by atoms with Crippen LogP contribution in [0.15, 0.2) is 28.7 Å². The largest absolute Gasteiger partial charge is 0.324 e. The van der Waals surface area contributed by atoms with Crippen LogP contribution in [-0.4, -0.2) is 10.2 Å². The van der Waals surface area contributed by atoms with Gasteiger partial charge in [0.25, 0.3) is 0 Å². The first-order valence-corrected chi connectivity index (χ1v) is 7.15. The van der Waals surface area contributed by atoms with E-state index in [1.165, 1.54) is 0 Å². The van der Waals surface area contributed by atoms with Crippen molar-refractivity contribution in [1.82, 2.24) is 10.2 Å². The normalized spacial score (nSPS) is 12.5. The molecule has 2 aromatic rings. The molecule has 0 radical (unpaired) electrons. The van der Waals surface area contributed by atoms with E-state index < -0.39 is 0 Å². The van der Waals surface area contributed by atoms with E-state index in [2.05, 4.69) is 26.1 Å². The average molecular weight is 341 g/mol. The predicted octanol–water partition coefficient (Wildman–Crippen LogP) is 3.75. The molecule has 0 fully saturated rings. The number of rotatable bonds is 3. The molecule has 1 aromatic carbocycles. The fourth-order valence-corrected chi connectivity index (χ4v) is 2.73. The molecule has 0 bridgehead atoms. The van der Waals surface area contributed by atoms with Gasteiger partial charge in [0.15, 0.2) is 0 Å². The minimum Gasteiger partial charge on any atom is -0.324 e. The molecule has 3 nitrogen and oxygen atoms in total. The zero-order valence-corrected chi connectivity index (χ0v) is 13.2. The molecule has 2 N–H and O–H groups in total. The molecular weight excluding hydrogens is 326 g/mol. The van der Waals surface area contributed by atoms with Crippen molar-refractivity contribution in [3.63, 3.8) is 0 Å². The summed E-state index contributed by atoms with van der Waals surface area (Å²) in [6.45, 7) is 3.83. The molecule has 0 aliphatic carbocycles. The van der Waals surface area contributed by atoms with E-state index >= 15 is 0 Å². The van der Waals surface area contributed by atoms with E-state index in [0.29, 0.717) is 6.42 Å². The van der Waals surface area contributed by atoms with Crippen molar-refractivity contribution in [1.29, 1.82) is 0 Å². The van der Waals surface area contributed by atoms with E-state index in [0.717, 1.165) is 32.0 Å². The second-order valence-corrected chi connectivity index (χ2v) is 5.90. The first kappa shape index (κ1) is 14.4. The Morgan fingerprint density at radius 1 is 1.26 bits per heavy atom. The lowest BCUT2D eigenvalue weighted by Crippen LogP contribution is -2.16. The highest BCUT2D eigenvalue weighted by Gasteiger charge is 2.13. The number of aryl methyl sites for hydroxylation is 2. The van der Waals surface area contributed by atoms with Gasteiger partial charge in [-0.3, -0.25) is 0 Å². The van der Waals surface area contributed by atoms with Crippen molar-refractivity contribution < 1.29 is 0 Å². The van der Waals surface area contributed by atoms with Crippen LogP contribution in [0.5, 0.6) is 0 Å². The molecule has 5 heteroatoms. The molecule has 2 rings (SSSR count). The van der Waals surface area contributed by atoms with Crippen LogP contribution in [0.3, 0.4) is 0 Å². The Bertz CT molecular complexity index is 601. The summed E-state index contributed by atoms with van der Waals surface area (Å²) in [5.74, 6) is 0. The SMILES string of the molecule is Cc1cc(C(N)Cc2ccc(Br)cc2Cl)c(C)nn1. The van der Waals surface area contributed by atoms with Gasteiger partial charge in [0.1, 0.15) is 0 Å². The third-order valence-electron chi connectivity index (χ3n) is 2.99. The third kappa shape index (κ3) is 3.53. The monoisotopic (exact) mass is 339 g/mol. The number of benzene rings is 1. The van der Waals surface area contributed by atoms with Gasteiger partial charge in [0, 0.05) is 15.5 Å². The summed E-state index contributed by atoms with van der Waals surface area (Å²) < 4.78 is 0.965. The van der Waals surface area contributed by atoms with Crippen molar-refractivity contribution >= 4 is 27.5 Å². The summed E-state index contributed by atoms with van der Waals surface area (Å²) in [4.78, 5) is 0. The Morgan fingerprint density at radius 3 is 2.68 bits per heavy atom. The maximum atomic E-state index is 6.27. The Morgan fingerprint density at radius 2 is 2.00 bits per heavy atom. The molecule has 0 saturated carbocycles. The second kappa shape index (κ2) is 5.99. The molecule has 1 heterocycles. The van der Waals surface area contributed by atoms with Crippen molar-refractivity contribution in [3.05, 3.63) is 56.3 Å². The highest BCUT2D eigenvalue weighted by Crippen LogP contribution is 2.26. The van der Waals surface area contributed by atoms with Gasteiger partial charge in [-0.25, -0.2) is 0 Å². The molecule has 0 aliphatic heterocycles. The second-order valence-electron chi connectivity index (χ2n) is 4.57. The summed E-state index contributed by atoms with van der Waals surface area (Å²) in [6.07, 6.45) is 0.679. The van der Waals surface area contributed by atoms with Crippen LogP contribution in [0.4, 0.5) is 0 Å². The van der Waals surface area contributed by atoms with Gasteiger partial charge in [-0.2, -0.15) is 10.2 Å². The lowest BCUT2D eigenvalue weighted by atomic mass is 9.98.